The molecule has 3 heterocycles. The van der Waals surface area contributed by atoms with Crippen molar-refractivity contribution in [2.24, 2.45) is 0 Å². The number of fused-ring (bicyclic) bond motifs is 13. The van der Waals surface area contributed by atoms with E-state index in [1.807, 2.05) is 36.4 Å². The number of hydrogen-bond acceptors (Lipinski definition) is 3. The Labute approximate surface area is 356 Å². The summed E-state index contributed by atoms with van der Waals surface area (Å²) in [6, 6.07) is 75.6. The molecule has 0 N–H and O–H groups in total. The highest BCUT2D eigenvalue weighted by Gasteiger charge is 2.24. The van der Waals surface area contributed by atoms with Crippen molar-refractivity contribution in [3.8, 4) is 45.5 Å². The fourth-order valence-corrected chi connectivity index (χ4v) is 9.88. The summed E-state index contributed by atoms with van der Waals surface area (Å²) in [5.41, 5.74) is 9.61. The Morgan fingerprint density at radius 3 is 1.40 bits per heavy atom. The Morgan fingerprint density at radius 2 is 0.758 bits per heavy atom. The zero-order valence-corrected chi connectivity index (χ0v) is 33.4. The summed E-state index contributed by atoms with van der Waals surface area (Å²) in [5.74, 6) is 1.88. The predicted molar refractivity (Wildman–Crippen MR) is 257 cm³/mol. The van der Waals surface area contributed by atoms with E-state index >= 15 is 0 Å². The Morgan fingerprint density at radius 1 is 0.274 bits per heavy atom. The van der Waals surface area contributed by atoms with E-state index in [4.69, 9.17) is 15.0 Å². The fraction of sp³-hybridized carbons (Fsp3) is 0. The van der Waals surface area contributed by atoms with Crippen LogP contribution in [0.3, 0.4) is 0 Å². The minimum absolute atomic E-state index is 0.623. The quantitative estimate of drug-likeness (QED) is 0.163. The normalized spacial score (nSPS) is 11.9. The molecule has 0 atom stereocenters. The molecular weight excluding hydrogens is 755 g/mol. The average Bonchev–Trinajstić information content (AvgIpc) is 3.87. The molecule has 0 spiro atoms. The van der Waals surface area contributed by atoms with Crippen molar-refractivity contribution in [3.05, 3.63) is 212 Å². The first-order valence-corrected chi connectivity index (χ1v) is 21.0. The van der Waals surface area contributed by atoms with Gasteiger partial charge in [0.15, 0.2) is 17.5 Å². The van der Waals surface area contributed by atoms with Crippen molar-refractivity contribution >= 4 is 75.9 Å². The highest BCUT2D eigenvalue weighted by molar-refractivity contribution is 6.30. The molecule has 0 saturated heterocycles. The van der Waals surface area contributed by atoms with Gasteiger partial charge in [0, 0.05) is 55.0 Å². The van der Waals surface area contributed by atoms with Crippen molar-refractivity contribution in [3.63, 3.8) is 0 Å². The first-order chi connectivity index (χ1) is 30.8. The van der Waals surface area contributed by atoms with E-state index in [0.717, 1.165) is 55.3 Å². The molecule has 288 valence electrons. The van der Waals surface area contributed by atoms with Crippen molar-refractivity contribution in [2.45, 2.75) is 0 Å². The van der Waals surface area contributed by atoms with Crippen LogP contribution >= 0.6 is 0 Å². The van der Waals surface area contributed by atoms with Crippen molar-refractivity contribution in [2.75, 3.05) is 0 Å². The summed E-state index contributed by atoms with van der Waals surface area (Å²) < 4.78 is 4.89. The SMILES string of the molecule is c1ccc(-c2nc(-c3ccccc3)nc(-c3cc(-n4c5ccccc5c5c4ccc4c6ccccc6n(-c6ccccc6)c45)cc4c5ccccc5c5ccccc5c34)n2)cc1. The second kappa shape index (κ2) is 13.6. The third kappa shape index (κ3) is 5.12. The minimum atomic E-state index is 0.623. The molecule has 13 aromatic rings. The van der Waals surface area contributed by atoms with E-state index in [1.54, 1.807) is 0 Å². The van der Waals surface area contributed by atoms with E-state index in [-0.39, 0.29) is 0 Å². The standard InChI is InChI=1S/C57H35N5/c1-4-18-36(19-5-1)55-58-56(37-20-6-2-7-21-37)60-57(59-55)48-35-39(34-47-42-26-11-10-24-40(42)41-25-12-13-28-44(41)52(47)48)61-50-31-17-15-29-46(50)53-51(61)33-32-45-43-27-14-16-30-49(43)62(54(45)53)38-22-8-3-9-23-38/h1-35H. The Kier molecular flexibility index (Phi) is 7.54. The molecule has 0 aliphatic carbocycles. The summed E-state index contributed by atoms with van der Waals surface area (Å²) in [6.07, 6.45) is 0. The Balaban J connectivity index is 1.20. The van der Waals surface area contributed by atoms with Crippen LogP contribution in [0.4, 0.5) is 0 Å². The van der Waals surface area contributed by atoms with Crippen LogP contribution in [0.1, 0.15) is 0 Å². The highest BCUT2D eigenvalue weighted by atomic mass is 15.0. The smallest absolute Gasteiger partial charge is 0.164 e. The molecule has 62 heavy (non-hydrogen) atoms. The number of nitrogens with zero attached hydrogens (tertiary/aromatic N) is 5. The maximum absolute atomic E-state index is 5.36. The van der Waals surface area contributed by atoms with Crippen molar-refractivity contribution in [1.29, 1.82) is 0 Å². The molecule has 0 radical (unpaired) electrons. The van der Waals surface area contributed by atoms with Crippen LogP contribution < -0.4 is 0 Å². The van der Waals surface area contributed by atoms with Gasteiger partial charge in [-0.15, -0.1) is 0 Å². The maximum Gasteiger partial charge on any atom is 0.164 e. The molecule has 5 nitrogen and oxygen atoms in total. The predicted octanol–water partition coefficient (Wildman–Crippen LogP) is 14.5. The maximum atomic E-state index is 5.36. The van der Waals surface area contributed by atoms with Gasteiger partial charge in [0.05, 0.1) is 22.1 Å². The third-order valence-electron chi connectivity index (χ3n) is 12.5. The monoisotopic (exact) mass is 789 g/mol. The Hall–Kier alpha value is -8.41. The number of benzene rings is 10. The summed E-state index contributed by atoms with van der Waals surface area (Å²) in [6.45, 7) is 0. The van der Waals surface area contributed by atoms with Gasteiger partial charge in [-0.2, -0.15) is 0 Å². The molecule has 0 amide bonds. The number of rotatable bonds is 5. The topological polar surface area (TPSA) is 48.5 Å². The van der Waals surface area contributed by atoms with Crippen molar-refractivity contribution < 1.29 is 0 Å². The summed E-state index contributed by atoms with van der Waals surface area (Å²) in [5, 5.41) is 11.8. The van der Waals surface area contributed by atoms with Crippen LogP contribution in [-0.4, -0.2) is 24.1 Å². The second-order valence-corrected chi connectivity index (χ2v) is 15.9. The molecule has 0 unspecified atom stereocenters. The van der Waals surface area contributed by atoms with Gasteiger partial charge < -0.3 is 9.13 Å². The van der Waals surface area contributed by atoms with E-state index in [1.165, 1.54) is 48.7 Å². The van der Waals surface area contributed by atoms with E-state index in [2.05, 4.69) is 185 Å². The van der Waals surface area contributed by atoms with E-state index in [9.17, 15) is 0 Å². The van der Waals surface area contributed by atoms with Gasteiger partial charge in [0.2, 0.25) is 0 Å². The van der Waals surface area contributed by atoms with Gasteiger partial charge in [0.25, 0.3) is 0 Å². The number of aromatic nitrogens is 5. The second-order valence-electron chi connectivity index (χ2n) is 15.9. The molecule has 5 heteroatoms. The molecule has 0 saturated carbocycles. The first-order valence-electron chi connectivity index (χ1n) is 21.0. The van der Waals surface area contributed by atoms with Crippen LogP contribution in [0.15, 0.2) is 212 Å². The molecular formula is C57H35N5. The Bertz CT molecular complexity index is 3850. The number of para-hydroxylation sites is 3. The average molecular weight is 790 g/mol. The summed E-state index contributed by atoms with van der Waals surface area (Å²) in [7, 11) is 0. The van der Waals surface area contributed by atoms with E-state index < -0.39 is 0 Å². The molecule has 3 aromatic heterocycles. The molecule has 10 aromatic carbocycles. The third-order valence-corrected chi connectivity index (χ3v) is 12.5. The largest absolute Gasteiger partial charge is 0.309 e. The van der Waals surface area contributed by atoms with E-state index in [0.29, 0.717) is 17.5 Å². The number of hydrogen-bond donors (Lipinski definition) is 0. The summed E-state index contributed by atoms with van der Waals surface area (Å²) in [4.78, 5) is 15.8. The molecule has 0 aliphatic rings. The minimum Gasteiger partial charge on any atom is -0.309 e. The molecule has 0 fully saturated rings. The fourth-order valence-electron chi connectivity index (χ4n) is 9.88. The van der Waals surface area contributed by atoms with Gasteiger partial charge in [-0.05, 0) is 69.4 Å². The van der Waals surface area contributed by atoms with Crippen LogP contribution in [0.5, 0.6) is 0 Å². The lowest BCUT2D eigenvalue weighted by Crippen LogP contribution is -2.02. The lowest BCUT2D eigenvalue weighted by atomic mass is 9.91. The van der Waals surface area contributed by atoms with Crippen molar-refractivity contribution in [1.82, 2.24) is 24.1 Å². The molecule has 0 aliphatic heterocycles. The van der Waals surface area contributed by atoms with Gasteiger partial charge in [-0.25, -0.2) is 15.0 Å². The van der Waals surface area contributed by atoms with Crippen LogP contribution in [0.2, 0.25) is 0 Å². The van der Waals surface area contributed by atoms with Crippen LogP contribution in [0.25, 0.3) is 121 Å². The van der Waals surface area contributed by atoms with Gasteiger partial charge in [-0.3, -0.25) is 0 Å². The zero-order chi connectivity index (χ0) is 40.7. The molecule has 0 bridgehead atoms. The van der Waals surface area contributed by atoms with Crippen LogP contribution in [0, 0.1) is 0 Å². The van der Waals surface area contributed by atoms with Gasteiger partial charge in [0.1, 0.15) is 0 Å². The lowest BCUT2D eigenvalue weighted by molar-refractivity contribution is 1.07. The first kappa shape index (κ1) is 34.5. The van der Waals surface area contributed by atoms with Gasteiger partial charge >= 0.3 is 0 Å². The highest BCUT2D eigenvalue weighted by Crippen LogP contribution is 2.45. The molecule has 13 rings (SSSR count). The van der Waals surface area contributed by atoms with Crippen LogP contribution in [-0.2, 0) is 0 Å². The lowest BCUT2D eigenvalue weighted by Gasteiger charge is -2.18. The van der Waals surface area contributed by atoms with Gasteiger partial charge in [-0.1, -0.05) is 170 Å². The zero-order valence-electron chi connectivity index (χ0n) is 33.4. The summed E-state index contributed by atoms with van der Waals surface area (Å²) >= 11 is 0.